The molecule has 0 aliphatic carbocycles. The molecule has 104 valence electrons. The highest BCUT2D eigenvalue weighted by Crippen LogP contribution is 1.97. The van der Waals surface area contributed by atoms with Crippen molar-refractivity contribution in [3.8, 4) is 0 Å². The van der Waals surface area contributed by atoms with Crippen LogP contribution in [0.2, 0.25) is 0 Å². The van der Waals surface area contributed by atoms with Crippen LogP contribution in [0.15, 0.2) is 6.33 Å². The molecule has 0 atom stereocenters. The third-order valence-electron chi connectivity index (χ3n) is 2.37. The molecule has 1 heterocycles. The molecule has 0 radical (unpaired) electrons. The summed E-state index contributed by atoms with van der Waals surface area (Å²) in [6.07, 6.45) is 2.11. The molecule has 3 N–H and O–H groups in total. The molecule has 8 nitrogen and oxygen atoms in total. The molecule has 9 heteroatoms. The number of hydrogen-bond acceptors (Lipinski definition) is 5. The lowest BCUT2D eigenvalue weighted by atomic mass is 10.4. The summed E-state index contributed by atoms with van der Waals surface area (Å²) in [6, 6.07) is 0. The van der Waals surface area contributed by atoms with Crippen molar-refractivity contribution in [1.29, 1.82) is 0 Å². The highest BCUT2D eigenvalue weighted by atomic mass is 32.2. The van der Waals surface area contributed by atoms with Gasteiger partial charge in [-0.2, -0.15) is 22.5 Å². The zero-order valence-electron chi connectivity index (χ0n) is 10.7. The van der Waals surface area contributed by atoms with Crippen molar-refractivity contribution in [3.05, 3.63) is 12.2 Å². The van der Waals surface area contributed by atoms with Gasteiger partial charge in [0, 0.05) is 13.6 Å². The van der Waals surface area contributed by atoms with E-state index in [1.165, 1.54) is 10.6 Å². The van der Waals surface area contributed by atoms with Gasteiger partial charge >= 0.3 is 0 Å². The quantitative estimate of drug-likeness (QED) is 0.506. The minimum Gasteiger partial charge on any atom is -0.317 e. The molecule has 0 saturated carbocycles. The number of aromatic nitrogens is 3. The van der Waals surface area contributed by atoms with E-state index in [2.05, 4.69) is 25.2 Å². The SMILES string of the molecule is CCNCCCN(C)S(=O)(=O)NCc1ncn[nH]1. The summed E-state index contributed by atoms with van der Waals surface area (Å²) in [6.45, 7) is 4.29. The van der Waals surface area contributed by atoms with Gasteiger partial charge in [0.1, 0.15) is 12.2 Å². The molecule has 18 heavy (non-hydrogen) atoms. The fourth-order valence-corrected chi connectivity index (χ4v) is 2.22. The molecule has 0 unspecified atom stereocenters. The van der Waals surface area contributed by atoms with E-state index in [0.29, 0.717) is 12.4 Å². The zero-order valence-corrected chi connectivity index (χ0v) is 11.5. The number of aromatic amines is 1. The zero-order chi connectivity index (χ0) is 13.4. The number of hydrogen-bond donors (Lipinski definition) is 3. The van der Waals surface area contributed by atoms with Crippen LogP contribution in [0.3, 0.4) is 0 Å². The van der Waals surface area contributed by atoms with Crippen molar-refractivity contribution in [2.24, 2.45) is 0 Å². The first-order chi connectivity index (χ1) is 8.56. The van der Waals surface area contributed by atoms with Crippen molar-refractivity contribution in [1.82, 2.24) is 29.5 Å². The van der Waals surface area contributed by atoms with Crippen LogP contribution < -0.4 is 10.0 Å². The molecule has 0 aliphatic rings. The standard InChI is InChI=1S/C9H20N6O2S/c1-3-10-5-4-6-15(2)18(16,17)13-7-9-11-8-12-14-9/h8,10,13H,3-7H2,1-2H3,(H,11,12,14). The van der Waals surface area contributed by atoms with Crippen LogP contribution in [0.1, 0.15) is 19.2 Å². The third kappa shape index (κ3) is 5.08. The maximum atomic E-state index is 11.8. The number of H-pyrrole nitrogens is 1. The van der Waals surface area contributed by atoms with Crippen LogP contribution in [-0.2, 0) is 16.8 Å². The Labute approximate surface area is 107 Å². The smallest absolute Gasteiger partial charge is 0.279 e. The summed E-state index contributed by atoms with van der Waals surface area (Å²) in [5.41, 5.74) is 0. The van der Waals surface area contributed by atoms with Crippen LogP contribution in [-0.4, -0.2) is 54.6 Å². The van der Waals surface area contributed by atoms with Crippen LogP contribution in [0.25, 0.3) is 0 Å². The number of nitrogens with zero attached hydrogens (tertiary/aromatic N) is 3. The van der Waals surface area contributed by atoms with Gasteiger partial charge in [-0.1, -0.05) is 6.92 Å². The second-order valence-electron chi connectivity index (χ2n) is 3.79. The van der Waals surface area contributed by atoms with Crippen molar-refractivity contribution in [3.63, 3.8) is 0 Å². The summed E-state index contributed by atoms with van der Waals surface area (Å²) in [7, 11) is -1.91. The molecule has 1 aromatic heterocycles. The minimum atomic E-state index is -3.46. The van der Waals surface area contributed by atoms with Gasteiger partial charge in [0.2, 0.25) is 0 Å². The molecule has 0 saturated heterocycles. The Morgan fingerprint density at radius 2 is 2.28 bits per heavy atom. The predicted octanol–water partition coefficient (Wildman–Crippen LogP) is -0.929. The van der Waals surface area contributed by atoms with E-state index in [9.17, 15) is 8.42 Å². The van der Waals surface area contributed by atoms with Gasteiger partial charge < -0.3 is 5.32 Å². The highest BCUT2D eigenvalue weighted by Gasteiger charge is 2.16. The summed E-state index contributed by atoms with van der Waals surface area (Å²) >= 11 is 0. The van der Waals surface area contributed by atoms with Gasteiger partial charge in [0.05, 0.1) is 6.54 Å². The van der Waals surface area contributed by atoms with Gasteiger partial charge in [-0.25, -0.2) is 4.98 Å². The molecule has 1 aromatic rings. The maximum Gasteiger partial charge on any atom is 0.279 e. The average Bonchev–Trinajstić information content (AvgIpc) is 2.85. The van der Waals surface area contributed by atoms with Crippen LogP contribution in [0.4, 0.5) is 0 Å². The Bertz CT molecular complexity index is 418. The van der Waals surface area contributed by atoms with E-state index >= 15 is 0 Å². The second kappa shape index (κ2) is 7.41. The largest absolute Gasteiger partial charge is 0.317 e. The maximum absolute atomic E-state index is 11.8. The molecule has 0 spiro atoms. The van der Waals surface area contributed by atoms with Gasteiger partial charge in [-0.05, 0) is 19.5 Å². The van der Waals surface area contributed by atoms with Crippen molar-refractivity contribution in [2.75, 3.05) is 26.7 Å². The van der Waals surface area contributed by atoms with Gasteiger partial charge in [0.25, 0.3) is 10.2 Å². The van der Waals surface area contributed by atoms with E-state index in [4.69, 9.17) is 0 Å². The van der Waals surface area contributed by atoms with E-state index in [1.807, 2.05) is 6.92 Å². The molecular formula is C9H20N6O2S. The topological polar surface area (TPSA) is 103 Å². The van der Waals surface area contributed by atoms with E-state index in [1.54, 1.807) is 7.05 Å². The summed E-state index contributed by atoms with van der Waals surface area (Å²) in [5, 5.41) is 9.38. The summed E-state index contributed by atoms with van der Waals surface area (Å²) in [5.74, 6) is 0.486. The molecule has 0 fully saturated rings. The first-order valence-corrected chi connectivity index (χ1v) is 7.26. The van der Waals surface area contributed by atoms with Crippen molar-refractivity contribution >= 4 is 10.2 Å². The first kappa shape index (κ1) is 15.0. The lowest BCUT2D eigenvalue weighted by Gasteiger charge is -2.17. The van der Waals surface area contributed by atoms with Gasteiger partial charge in [-0.3, -0.25) is 5.10 Å². The minimum absolute atomic E-state index is 0.111. The van der Waals surface area contributed by atoms with Crippen LogP contribution >= 0.6 is 0 Å². The van der Waals surface area contributed by atoms with E-state index in [-0.39, 0.29) is 6.54 Å². The summed E-state index contributed by atoms with van der Waals surface area (Å²) < 4.78 is 27.4. The molecule has 0 bridgehead atoms. The Kier molecular flexibility index (Phi) is 6.19. The summed E-state index contributed by atoms with van der Waals surface area (Å²) in [4.78, 5) is 3.84. The Hall–Kier alpha value is -1.03. The van der Waals surface area contributed by atoms with Gasteiger partial charge in [0.15, 0.2) is 0 Å². The molecule has 1 rings (SSSR count). The van der Waals surface area contributed by atoms with E-state index in [0.717, 1.165) is 19.5 Å². The molecule has 0 amide bonds. The Balaban J connectivity index is 2.33. The van der Waals surface area contributed by atoms with Crippen molar-refractivity contribution in [2.45, 2.75) is 19.9 Å². The predicted molar refractivity (Wildman–Crippen MR) is 67.9 cm³/mol. The number of rotatable bonds is 9. The number of nitrogens with one attached hydrogen (secondary N) is 3. The van der Waals surface area contributed by atoms with Crippen LogP contribution in [0, 0.1) is 0 Å². The third-order valence-corrected chi connectivity index (χ3v) is 3.89. The monoisotopic (exact) mass is 276 g/mol. The van der Waals surface area contributed by atoms with Crippen LogP contribution in [0.5, 0.6) is 0 Å². The van der Waals surface area contributed by atoms with Crippen molar-refractivity contribution < 1.29 is 8.42 Å². The molecule has 0 aliphatic heterocycles. The lowest BCUT2D eigenvalue weighted by molar-refractivity contribution is 0.445. The fraction of sp³-hybridized carbons (Fsp3) is 0.778. The second-order valence-corrected chi connectivity index (χ2v) is 5.65. The van der Waals surface area contributed by atoms with Gasteiger partial charge in [-0.15, -0.1) is 0 Å². The molecular weight excluding hydrogens is 256 g/mol. The first-order valence-electron chi connectivity index (χ1n) is 5.82. The Morgan fingerprint density at radius 1 is 1.50 bits per heavy atom. The Morgan fingerprint density at radius 3 is 2.89 bits per heavy atom. The normalized spacial score (nSPS) is 12.2. The molecule has 0 aromatic carbocycles. The van der Waals surface area contributed by atoms with E-state index < -0.39 is 10.2 Å². The highest BCUT2D eigenvalue weighted by molar-refractivity contribution is 7.87. The lowest BCUT2D eigenvalue weighted by Crippen LogP contribution is -2.39. The average molecular weight is 276 g/mol. The fourth-order valence-electron chi connectivity index (χ4n) is 1.31.